The third-order valence-electron chi connectivity index (χ3n) is 4.45. The summed E-state index contributed by atoms with van der Waals surface area (Å²) in [5.74, 6) is 1.48. The Morgan fingerprint density at radius 3 is 1.89 bits per heavy atom. The summed E-state index contributed by atoms with van der Waals surface area (Å²) >= 11 is 0. The molecular formula is C22H26N6. The second-order valence-corrected chi connectivity index (χ2v) is 7.26. The Morgan fingerprint density at radius 2 is 1.36 bits per heavy atom. The molecule has 0 saturated heterocycles. The van der Waals surface area contributed by atoms with Gasteiger partial charge < -0.3 is 0 Å². The van der Waals surface area contributed by atoms with E-state index >= 15 is 0 Å². The number of benzene rings is 2. The first-order valence-corrected chi connectivity index (χ1v) is 9.46. The summed E-state index contributed by atoms with van der Waals surface area (Å²) in [4.78, 5) is 0. The quantitative estimate of drug-likeness (QED) is 0.475. The number of rotatable bonds is 7. The zero-order chi connectivity index (χ0) is 19.9. The van der Waals surface area contributed by atoms with Crippen LogP contribution in [0.15, 0.2) is 65.1 Å². The zero-order valence-electron chi connectivity index (χ0n) is 16.7. The van der Waals surface area contributed by atoms with Gasteiger partial charge in [-0.3, -0.25) is 0 Å². The summed E-state index contributed by atoms with van der Waals surface area (Å²) in [5.41, 5.74) is 7.52. The standard InChI is InChI=1S/C22H26N6/c1-16(2)20-9-5-18(6-10-20)13-23-26-22-27-24-15-28(22)25-14-19-7-11-21(12-8-19)17(3)4/h5-17H,1-4H3,(H,26,27)/b23-13?,25-14+. The van der Waals surface area contributed by atoms with Crippen molar-refractivity contribution in [3.63, 3.8) is 0 Å². The molecule has 3 rings (SSSR count). The van der Waals surface area contributed by atoms with Crippen LogP contribution in [0.2, 0.25) is 0 Å². The molecular weight excluding hydrogens is 348 g/mol. The molecule has 0 aliphatic rings. The second kappa shape index (κ2) is 9.08. The molecule has 144 valence electrons. The minimum atomic E-state index is 0.449. The predicted molar refractivity (Wildman–Crippen MR) is 115 cm³/mol. The molecule has 0 spiro atoms. The summed E-state index contributed by atoms with van der Waals surface area (Å²) in [6.07, 6.45) is 5.05. The minimum Gasteiger partial charge on any atom is -0.244 e. The fraction of sp³-hybridized carbons (Fsp3) is 0.273. The van der Waals surface area contributed by atoms with E-state index in [9.17, 15) is 0 Å². The number of nitrogens with one attached hydrogen (secondary N) is 1. The van der Waals surface area contributed by atoms with Crippen LogP contribution in [0.25, 0.3) is 0 Å². The van der Waals surface area contributed by atoms with Gasteiger partial charge in [-0.05, 0) is 34.1 Å². The highest BCUT2D eigenvalue weighted by atomic mass is 15.5. The van der Waals surface area contributed by atoms with E-state index in [1.165, 1.54) is 17.5 Å². The van der Waals surface area contributed by atoms with Crippen LogP contribution in [0.1, 0.15) is 61.8 Å². The average molecular weight is 374 g/mol. The Kier molecular flexibility index (Phi) is 6.32. The number of aromatic nitrogens is 3. The summed E-state index contributed by atoms with van der Waals surface area (Å²) < 4.78 is 1.55. The van der Waals surface area contributed by atoms with Crippen molar-refractivity contribution in [1.29, 1.82) is 0 Å². The molecule has 2 aromatic carbocycles. The number of hydrogen-bond donors (Lipinski definition) is 1. The van der Waals surface area contributed by atoms with Gasteiger partial charge in [0.15, 0.2) is 0 Å². The topological polar surface area (TPSA) is 67.5 Å². The van der Waals surface area contributed by atoms with Gasteiger partial charge in [-0.1, -0.05) is 76.2 Å². The Labute approximate surface area is 166 Å². The van der Waals surface area contributed by atoms with Gasteiger partial charge in [-0.15, -0.1) is 10.2 Å². The van der Waals surface area contributed by atoms with E-state index < -0.39 is 0 Å². The molecule has 1 N–H and O–H groups in total. The highest BCUT2D eigenvalue weighted by Crippen LogP contribution is 2.15. The lowest BCUT2D eigenvalue weighted by Crippen LogP contribution is -1.99. The highest BCUT2D eigenvalue weighted by Gasteiger charge is 2.02. The van der Waals surface area contributed by atoms with Crippen molar-refractivity contribution in [2.24, 2.45) is 10.2 Å². The first kappa shape index (κ1) is 19.5. The van der Waals surface area contributed by atoms with Crippen molar-refractivity contribution in [3.8, 4) is 0 Å². The van der Waals surface area contributed by atoms with Crippen molar-refractivity contribution < 1.29 is 0 Å². The Morgan fingerprint density at radius 1 is 0.821 bits per heavy atom. The molecule has 0 atom stereocenters. The molecule has 0 bridgehead atoms. The van der Waals surface area contributed by atoms with Crippen LogP contribution >= 0.6 is 0 Å². The van der Waals surface area contributed by atoms with E-state index in [1.807, 2.05) is 12.1 Å². The predicted octanol–water partition coefficient (Wildman–Crippen LogP) is 4.85. The molecule has 3 aromatic rings. The van der Waals surface area contributed by atoms with E-state index in [0.29, 0.717) is 17.8 Å². The van der Waals surface area contributed by atoms with Gasteiger partial charge in [0.25, 0.3) is 5.95 Å². The SMILES string of the molecule is CC(C)c1ccc(C=NNc2nncn2/N=C/c2ccc(C(C)C)cc2)cc1. The van der Waals surface area contributed by atoms with Gasteiger partial charge in [0.1, 0.15) is 6.33 Å². The van der Waals surface area contributed by atoms with Gasteiger partial charge in [0, 0.05) is 0 Å². The molecule has 0 fully saturated rings. The fourth-order valence-electron chi connectivity index (χ4n) is 2.62. The Bertz CT molecular complexity index is 934. The second-order valence-electron chi connectivity index (χ2n) is 7.26. The average Bonchev–Trinajstić information content (AvgIpc) is 3.14. The van der Waals surface area contributed by atoms with Crippen molar-refractivity contribution in [2.75, 3.05) is 5.43 Å². The van der Waals surface area contributed by atoms with Crippen LogP contribution in [0.4, 0.5) is 5.95 Å². The third kappa shape index (κ3) is 5.13. The molecule has 28 heavy (non-hydrogen) atoms. The lowest BCUT2D eigenvalue weighted by atomic mass is 10.0. The minimum absolute atomic E-state index is 0.449. The van der Waals surface area contributed by atoms with Crippen LogP contribution in [-0.4, -0.2) is 27.3 Å². The van der Waals surface area contributed by atoms with Gasteiger partial charge in [0.2, 0.25) is 0 Å². The lowest BCUT2D eigenvalue weighted by molar-refractivity contribution is 0.866. The monoisotopic (exact) mass is 374 g/mol. The molecule has 1 aromatic heterocycles. The molecule has 0 aliphatic carbocycles. The fourth-order valence-corrected chi connectivity index (χ4v) is 2.62. The van der Waals surface area contributed by atoms with E-state index in [-0.39, 0.29) is 0 Å². The maximum absolute atomic E-state index is 4.40. The third-order valence-corrected chi connectivity index (χ3v) is 4.45. The van der Waals surface area contributed by atoms with E-state index in [1.54, 1.807) is 17.1 Å². The van der Waals surface area contributed by atoms with Gasteiger partial charge in [-0.2, -0.15) is 14.9 Å². The van der Waals surface area contributed by atoms with Crippen molar-refractivity contribution in [1.82, 2.24) is 14.9 Å². The normalized spacial score (nSPS) is 11.9. The maximum Gasteiger partial charge on any atom is 0.265 e. The molecule has 6 nitrogen and oxygen atoms in total. The van der Waals surface area contributed by atoms with E-state index in [2.05, 4.69) is 89.9 Å². The van der Waals surface area contributed by atoms with Gasteiger partial charge in [0.05, 0.1) is 12.4 Å². The molecule has 0 amide bonds. The number of hydrogen-bond acceptors (Lipinski definition) is 5. The van der Waals surface area contributed by atoms with E-state index in [0.717, 1.165) is 11.1 Å². The lowest BCUT2D eigenvalue weighted by Gasteiger charge is -2.05. The molecule has 6 heteroatoms. The number of nitrogens with zero attached hydrogens (tertiary/aromatic N) is 5. The Hall–Kier alpha value is -3.28. The zero-order valence-corrected chi connectivity index (χ0v) is 16.7. The summed E-state index contributed by atoms with van der Waals surface area (Å²) in [6, 6.07) is 16.7. The van der Waals surface area contributed by atoms with Crippen LogP contribution in [-0.2, 0) is 0 Å². The van der Waals surface area contributed by atoms with Gasteiger partial charge in [-0.25, -0.2) is 5.43 Å². The molecule has 0 aliphatic heterocycles. The first-order valence-electron chi connectivity index (χ1n) is 9.46. The van der Waals surface area contributed by atoms with Gasteiger partial charge >= 0.3 is 0 Å². The number of anilines is 1. The smallest absolute Gasteiger partial charge is 0.244 e. The van der Waals surface area contributed by atoms with Crippen molar-refractivity contribution >= 4 is 18.4 Å². The Balaban J connectivity index is 1.63. The van der Waals surface area contributed by atoms with Crippen LogP contribution in [0.5, 0.6) is 0 Å². The number of hydrazone groups is 1. The molecule has 0 radical (unpaired) electrons. The molecule has 0 unspecified atom stereocenters. The van der Waals surface area contributed by atoms with Crippen molar-refractivity contribution in [3.05, 3.63) is 77.1 Å². The van der Waals surface area contributed by atoms with Crippen LogP contribution < -0.4 is 5.43 Å². The van der Waals surface area contributed by atoms with Crippen LogP contribution in [0, 0.1) is 0 Å². The largest absolute Gasteiger partial charge is 0.265 e. The van der Waals surface area contributed by atoms with Crippen molar-refractivity contribution in [2.45, 2.75) is 39.5 Å². The summed E-state index contributed by atoms with van der Waals surface area (Å²) in [7, 11) is 0. The summed E-state index contributed by atoms with van der Waals surface area (Å²) in [6.45, 7) is 8.71. The van der Waals surface area contributed by atoms with E-state index in [4.69, 9.17) is 0 Å². The molecule has 1 heterocycles. The van der Waals surface area contributed by atoms with Crippen LogP contribution in [0.3, 0.4) is 0 Å². The first-order chi connectivity index (χ1) is 13.5. The summed E-state index contributed by atoms with van der Waals surface area (Å²) in [5, 5.41) is 16.5. The molecule has 0 saturated carbocycles. The highest BCUT2D eigenvalue weighted by molar-refractivity contribution is 5.80. The maximum atomic E-state index is 4.40.